The molecule has 2 amide bonds. The van der Waals surface area contributed by atoms with Crippen molar-refractivity contribution in [2.45, 2.75) is 13.8 Å². The number of nitrogens with zero attached hydrogens (tertiary/aromatic N) is 1. The topological polar surface area (TPSA) is 72.9 Å². The van der Waals surface area contributed by atoms with Crippen LogP contribution in [0.3, 0.4) is 0 Å². The Morgan fingerprint density at radius 2 is 2.04 bits per heavy atom. The second kappa shape index (κ2) is 8.21. The number of ether oxygens (including phenoxy) is 2. The Balaban J connectivity index is 2.16. The minimum atomic E-state index is -0.620. The fourth-order valence-electron chi connectivity index (χ4n) is 2.00. The molecule has 1 heterocycles. The molecule has 8 heteroatoms. The molecule has 0 spiro atoms. The number of esters is 1. The van der Waals surface area contributed by atoms with E-state index in [9.17, 15) is 14.4 Å². The fraction of sp³-hybridized carbons (Fsp3) is 0.312. The van der Waals surface area contributed by atoms with Crippen molar-refractivity contribution in [1.29, 1.82) is 0 Å². The third-order valence-electron chi connectivity index (χ3n) is 3.02. The molecule has 0 bridgehead atoms. The van der Waals surface area contributed by atoms with Crippen molar-refractivity contribution in [3.05, 3.63) is 33.7 Å². The molecular formula is C16H16ClNO5S. The molecule has 0 unspecified atom stereocenters. The lowest BCUT2D eigenvalue weighted by Crippen LogP contribution is -2.34. The highest BCUT2D eigenvalue weighted by Gasteiger charge is 2.36. The van der Waals surface area contributed by atoms with Gasteiger partial charge in [0.05, 0.1) is 23.1 Å². The highest BCUT2D eigenvalue weighted by molar-refractivity contribution is 8.18. The van der Waals surface area contributed by atoms with Crippen LogP contribution in [-0.4, -0.2) is 41.8 Å². The van der Waals surface area contributed by atoms with E-state index in [0.717, 1.165) is 16.7 Å². The Bertz CT molecular complexity index is 704. The van der Waals surface area contributed by atoms with Crippen molar-refractivity contribution < 1.29 is 23.9 Å². The van der Waals surface area contributed by atoms with Gasteiger partial charge in [-0.05, 0) is 49.4 Å². The van der Waals surface area contributed by atoms with E-state index in [1.54, 1.807) is 31.2 Å². The lowest BCUT2D eigenvalue weighted by Gasteiger charge is -2.10. The van der Waals surface area contributed by atoms with E-state index in [1.165, 1.54) is 0 Å². The molecule has 1 aliphatic rings. The normalized spacial score (nSPS) is 16.0. The van der Waals surface area contributed by atoms with Gasteiger partial charge in [-0.1, -0.05) is 17.7 Å². The molecule has 1 aromatic rings. The van der Waals surface area contributed by atoms with Crippen molar-refractivity contribution in [1.82, 2.24) is 4.90 Å². The van der Waals surface area contributed by atoms with Crippen molar-refractivity contribution >= 4 is 46.6 Å². The lowest BCUT2D eigenvalue weighted by molar-refractivity contribution is -0.145. The van der Waals surface area contributed by atoms with Crippen LogP contribution in [0, 0.1) is 0 Å². The molecule has 0 N–H and O–H groups in total. The van der Waals surface area contributed by atoms with Crippen LogP contribution < -0.4 is 4.74 Å². The third kappa shape index (κ3) is 4.30. The van der Waals surface area contributed by atoms with Crippen LogP contribution in [0.25, 0.3) is 6.08 Å². The fourth-order valence-corrected chi connectivity index (χ4v) is 3.08. The SMILES string of the molecule is CCOC(=O)CN1C(=O)S/C(=C\c2ccc(OCC)c(Cl)c2)C1=O. The van der Waals surface area contributed by atoms with Gasteiger partial charge >= 0.3 is 5.97 Å². The first-order valence-electron chi connectivity index (χ1n) is 7.29. The Hall–Kier alpha value is -1.99. The molecule has 128 valence electrons. The van der Waals surface area contributed by atoms with E-state index in [4.69, 9.17) is 21.1 Å². The molecule has 6 nitrogen and oxygen atoms in total. The number of carbonyl (C=O) groups excluding carboxylic acids is 3. The Morgan fingerprint density at radius 1 is 1.29 bits per heavy atom. The minimum Gasteiger partial charge on any atom is -0.492 e. The average molecular weight is 370 g/mol. The van der Waals surface area contributed by atoms with Gasteiger partial charge in [0, 0.05) is 0 Å². The first kappa shape index (κ1) is 18.4. The quantitative estimate of drug-likeness (QED) is 0.565. The van der Waals surface area contributed by atoms with E-state index in [0.29, 0.717) is 22.9 Å². The molecule has 0 atom stereocenters. The molecule has 0 aliphatic carbocycles. The number of amides is 2. The van der Waals surface area contributed by atoms with Gasteiger partial charge in [0.15, 0.2) is 0 Å². The molecular weight excluding hydrogens is 354 g/mol. The molecule has 24 heavy (non-hydrogen) atoms. The van der Waals surface area contributed by atoms with Crippen molar-refractivity contribution in [3.8, 4) is 5.75 Å². The summed E-state index contributed by atoms with van der Waals surface area (Å²) in [5.74, 6) is -0.597. The molecule has 1 aliphatic heterocycles. The van der Waals surface area contributed by atoms with Crippen molar-refractivity contribution in [3.63, 3.8) is 0 Å². The zero-order chi connectivity index (χ0) is 17.7. The lowest BCUT2D eigenvalue weighted by atomic mass is 10.2. The van der Waals surface area contributed by atoms with Crippen LogP contribution in [0.4, 0.5) is 4.79 Å². The summed E-state index contributed by atoms with van der Waals surface area (Å²) in [6.07, 6.45) is 1.55. The van der Waals surface area contributed by atoms with Crippen LogP contribution in [-0.2, 0) is 14.3 Å². The van der Waals surface area contributed by atoms with Gasteiger partial charge in [-0.15, -0.1) is 0 Å². The smallest absolute Gasteiger partial charge is 0.326 e. The van der Waals surface area contributed by atoms with Gasteiger partial charge in [0.25, 0.3) is 11.1 Å². The van der Waals surface area contributed by atoms with Gasteiger partial charge in [0.2, 0.25) is 0 Å². The van der Waals surface area contributed by atoms with E-state index in [1.807, 2.05) is 6.92 Å². The number of benzene rings is 1. The summed E-state index contributed by atoms with van der Waals surface area (Å²) >= 11 is 6.88. The number of carbonyl (C=O) groups is 3. The van der Waals surface area contributed by atoms with Gasteiger partial charge in [-0.25, -0.2) is 0 Å². The van der Waals surface area contributed by atoms with Gasteiger partial charge in [0.1, 0.15) is 12.3 Å². The van der Waals surface area contributed by atoms with Crippen molar-refractivity contribution in [2.24, 2.45) is 0 Å². The highest BCUT2D eigenvalue weighted by atomic mass is 35.5. The van der Waals surface area contributed by atoms with Crippen LogP contribution in [0.1, 0.15) is 19.4 Å². The van der Waals surface area contributed by atoms with Crippen LogP contribution in [0.15, 0.2) is 23.1 Å². The maximum Gasteiger partial charge on any atom is 0.326 e. The molecule has 0 radical (unpaired) electrons. The average Bonchev–Trinajstić information content (AvgIpc) is 2.78. The van der Waals surface area contributed by atoms with Crippen LogP contribution in [0.2, 0.25) is 5.02 Å². The zero-order valence-corrected chi connectivity index (χ0v) is 14.8. The van der Waals surface area contributed by atoms with Gasteiger partial charge in [-0.2, -0.15) is 0 Å². The summed E-state index contributed by atoms with van der Waals surface area (Å²) in [4.78, 5) is 36.7. The Labute approximate surface area is 148 Å². The first-order valence-corrected chi connectivity index (χ1v) is 8.49. The predicted octanol–water partition coefficient (Wildman–Crippen LogP) is 3.34. The second-order valence-electron chi connectivity index (χ2n) is 4.70. The molecule has 1 saturated heterocycles. The first-order chi connectivity index (χ1) is 11.5. The molecule has 1 fully saturated rings. The van der Waals surface area contributed by atoms with Gasteiger partial charge < -0.3 is 9.47 Å². The molecule has 0 saturated carbocycles. The summed E-state index contributed by atoms with van der Waals surface area (Å²) in [7, 11) is 0. The highest BCUT2D eigenvalue weighted by Crippen LogP contribution is 2.33. The van der Waals surface area contributed by atoms with E-state index >= 15 is 0 Å². The monoisotopic (exact) mass is 369 g/mol. The molecule has 2 rings (SSSR count). The maximum atomic E-state index is 12.3. The molecule has 0 aromatic heterocycles. The minimum absolute atomic E-state index is 0.190. The summed E-state index contributed by atoms with van der Waals surface area (Å²) in [6.45, 7) is 3.80. The van der Waals surface area contributed by atoms with E-state index in [2.05, 4.69) is 0 Å². The van der Waals surface area contributed by atoms with E-state index in [-0.39, 0.29) is 18.1 Å². The number of halogens is 1. The predicted molar refractivity (Wildman–Crippen MR) is 91.9 cm³/mol. The summed E-state index contributed by atoms with van der Waals surface area (Å²) in [5, 5.41) is -0.0901. The Morgan fingerprint density at radius 3 is 2.67 bits per heavy atom. The van der Waals surface area contributed by atoms with Crippen LogP contribution in [0.5, 0.6) is 5.75 Å². The number of hydrogen-bond acceptors (Lipinski definition) is 6. The Kier molecular flexibility index (Phi) is 6.28. The number of imide groups is 1. The van der Waals surface area contributed by atoms with Crippen LogP contribution >= 0.6 is 23.4 Å². The standard InChI is InChI=1S/C16H16ClNO5S/c1-3-22-12-6-5-10(7-11(12)17)8-13-15(20)18(16(21)24-13)9-14(19)23-4-2/h5-8H,3-4,9H2,1-2H3/b13-8-. The second-order valence-corrected chi connectivity index (χ2v) is 6.10. The maximum absolute atomic E-state index is 12.3. The van der Waals surface area contributed by atoms with Crippen molar-refractivity contribution in [2.75, 3.05) is 19.8 Å². The number of hydrogen-bond donors (Lipinski definition) is 0. The number of rotatable bonds is 6. The molecule has 1 aromatic carbocycles. The number of thioether (sulfide) groups is 1. The summed E-state index contributed by atoms with van der Waals surface area (Å²) < 4.78 is 10.1. The summed E-state index contributed by atoms with van der Waals surface area (Å²) in [6, 6.07) is 5.07. The third-order valence-corrected chi connectivity index (χ3v) is 4.22. The largest absolute Gasteiger partial charge is 0.492 e. The van der Waals surface area contributed by atoms with Gasteiger partial charge in [-0.3, -0.25) is 19.3 Å². The summed E-state index contributed by atoms with van der Waals surface area (Å²) in [5.41, 5.74) is 0.657. The van der Waals surface area contributed by atoms with E-state index < -0.39 is 17.1 Å². The zero-order valence-electron chi connectivity index (χ0n) is 13.2.